The van der Waals surface area contributed by atoms with Crippen molar-refractivity contribution < 1.29 is 24.6 Å². The standard InChI is InChI=1S/C14H24N2O5/c1-9(2)13(19)16-6-3-10(4-7-16)12(18)15-11(5-8-17)14(20)21/h9-11,17H,3-8H2,1-2H3,(H,15,18)(H,20,21). The first-order valence-electron chi connectivity index (χ1n) is 7.29. The van der Waals surface area contributed by atoms with E-state index < -0.39 is 12.0 Å². The number of piperidine rings is 1. The zero-order valence-electron chi connectivity index (χ0n) is 12.5. The third kappa shape index (κ3) is 5.00. The number of rotatable bonds is 6. The molecule has 0 saturated carbocycles. The van der Waals surface area contributed by atoms with Crippen LogP contribution in [0.25, 0.3) is 0 Å². The summed E-state index contributed by atoms with van der Waals surface area (Å²) in [5.74, 6) is -1.71. The van der Waals surface area contributed by atoms with E-state index in [-0.39, 0.29) is 36.7 Å². The van der Waals surface area contributed by atoms with E-state index in [9.17, 15) is 14.4 Å². The largest absolute Gasteiger partial charge is 0.480 e. The summed E-state index contributed by atoms with van der Waals surface area (Å²) < 4.78 is 0. The van der Waals surface area contributed by atoms with Crippen molar-refractivity contribution in [2.75, 3.05) is 19.7 Å². The van der Waals surface area contributed by atoms with Crippen molar-refractivity contribution in [2.24, 2.45) is 11.8 Å². The summed E-state index contributed by atoms with van der Waals surface area (Å²) in [4.78, 5) is 36.6. The second-order valence-electron chi connectivity index (χ2n) is 5.67. The molecule has 1 saturated heterocycles. The number of likely N-dealkylation sites (tertiary alicyclic amines) is 1. The fourth-order valence-electron chi connectivity index (χ4n) is 2.40. The number of aliphatic hydroxyl groups is 1. The molecule has 0 aliphatic carbocycles. The van der Waals surface area contributed by atoms with Gasteiger partial charge in [-0.3, -0.25) is 9.59 Å². The highest BCUT2D eigenvalue weighted by molar-refractivity contribution is 5.85. The van der Waals surface area contributed by atoms with Crippen LogP contribution in [0.4, 0.5) is 0 Å². The molecule has 1 aliphatic rings. The summed E-state index contributed by atoms with van der Waals surface area (Å²) in [6.07, 6.45) is 1.07. The Morgan fingerprint density at radius 1 is 1.24 bits per heavy atom. The molecule has 0 spiro atoms. The maximum Gasteiger partial charge on any atom is 0.326 e. The predicted octanol–water partition coefficient (Wildman–Crippen LogP) is -0.167. The van der Waals surface area contributed by atoms with Crippen LogP contribution in [-0.4, -0.2) is 58.6 Å². The van der Waals surface area contributed by atoms with Crippen molar-refractivity contribution >= 4 is 17.8 Å². The Labute approximate surface area is 124 Å². The number of carboxylic acid groups (broad SMARTS) is 1. The number of aliphatic carboxylic acids is 1. The Bertz CT molecular complexity index is 389. The molecule has 1 fully saturated rings. The minimum absolute atomic E-state index is 0.00818. The third-order valence-corrected chi connectivity index (χ3v) is 3.70. The Balaban J connectivity index is 2.48. The van der Waals surface area contributed by atoms with Crippen molar-refractivity contribution in [1.29, 1.82) is 0 Å². The average molecular weight is 300 g/mol. The number of nitrogens with one attached hydrogen (secondary N) is 1. The van der Waals surface area contributed by atoms with Gasteiger partial charge in [0.15, 0.2) is 0 Å². The Hall–Kier alpha value is -1.63. The molecule has 7 nitrogen and oxygen atoms in total. The number of nitrogens with zero attached hydrogens (tertiary/aromatic N) is 1. The maximum atomic E-state index is 12.0. The average Bonchev–Trinajstić information content (AvgIpc) is 2.45. The monoisotopic (exact) mass is 300 g/mol. The summed E-state index contributed by atoms with van der Waals surface area (Å²) in [6.45, 7) is 4.43. The molecular weight excluding hydrogens is 276 g/mol. The van der Waals surface area contributed by atoms with Crippen LogP contribution < -0.4 is 5.32 Å². The molecule has 3 N–H and O–H groups in total. The lowest BCUT2D eigenvalue weighted by atomic mass is 9.94. The summed E-state index contributed by atoms with van der Waals surface area (Å²) >= 11 is 0. The maximum absolute atomic E-state index is 12.0. The summed E-state index contributed by atoms with van der Waals surface area (Å²) in [6, 6.07) is -1.06. The number of aliphatic hydroxyl groups excluding tert-OH is 1. The lowest BCUT2D eigenvalue weighted by Crippen LogP contribution is -2.48. The van der Waals surface area contributed by atoms with Gasteiger partial charge in [-0.1, -0.05) is 13.8 Å². The van der Waals surface area contributed by atoms with Crippen LogP contribution in [0.1, 0.15) is 33.1 Å². The van der Waals surface area contributed by atoms with Crippen molar-refractivity contribution in [1.82, 2.24) is 10.2 Å². The highest BCUT2D eigenvalue weighted by Crippen LogP contribution is 2.19. The van der Waals surface area contributed by atoms with E-state index in [0.717, 1.165) is 0 Å². The van der Waals surface area contributed by atoms with Gasteiger partial charge in [0.2, 0.25) is 11.8 Å². The second kappa shape index (κ2) is 7.97. The van der Waals surface area contributed by atoms with E-state index in [1.165, 1.54) is 0 Å². The van der Waals surface area contributed by atoms with E-state index >= 15 is 0 Å². The van der Waals surface area contributed by atoms with E-state index in [1.54, 1.807) is 4.90 Å². The number of hydrogen-bond donors (Lipinski definition) is 3. The molecule has 1 heterocycles. The van der Waals surface area contributed by atoms with Gasteiger partial charge in [-0.15, -0.1) is 0 Å². The van der Waals surface area contributed by atoms with E-state index in [0.29, 0.717) is 25.9 Å². The number of carbonyl (C=O) groups is 3. The first-order valence-corrected chi connectivity index (χ1v) is 7.29. The SMILES string of the molecule is CC(C)C(=O)N1CCC(C(=O)NC(CCO)C(=O)O)CC1. The van der Waals surface area contributed by atoms with Crippen LogP contribution in [-0.2, 0) is 14.4 Å². The molecule has 0 radical (unpaired) electrons. The zero-order valence-corrected chi connectivity index (χ0v) is 12.5. The molecule has 1 atom stereocenters. The van der Waals surface area contributed by atoms with Gasteiger partial charge in [-0.2, -0.15) is 0 Å². The van der Waals surface area contributed by atoms with Crippen molar-refractivity contribution in [3.05, 3.63) is 0 Å². The molecule has 1 unspecified atom stereocenters. The van der Waals surface area contributed by atoms with E-state index in [2.05, 4.69) is 5.32 Å². The third-order valence-electron chi connectivity index (χ3n) is 3.70. The second-order valence-corrected chi connectivity index (χ2v) is 5.67. The van der Waals surface area contributed by atoms with Gasteiger partial charge < -0.3 is 20.4 Å². The fourth-order valence-corrected chi connectivity index (χ4v) is 2.40. The molecule has 2 amide bonds. The van der Waals surface area contributed by atoms with Crippen LogP contribution in [0.2, 0.25) is 0 Å². The van der Waals surface area contributed by atoms with Crippen molar-refractivity contribution in [3.8, 4) is 0 Å². The molecule has 7 heteroatoms. The van der Waals surface area contributed by atoms with Gasteiger partial charge in [0.25, 0.3) is 0 Å². The van der Waals surface area contributed by atoms with Crippen LogP contribution in [0.3, 0.4) is 0 Å². The number of amides is 2. The van der Waals surface area contributed by atoms with Crippen LogP contribution in [0.15, 0.2) is 0 Å². The lowest BCUT2D eigenvalue weighted by Gasteiger charge is -2.32. The van der Waals surface area contributed by atoms with Crippen LogP contribution in [0.5, 0.6) is 0 Å². The number of carboxylic acids is 1. The fraction of sp³-hybridized carbons (Fsp3) is 0.786. The van der Waals surface area contributed by atoms with E-state index in [1.807, 2.05) is 13.8 Å². The molecule has 0 aromatic carbocycles. The molecule has 0 aromatic rings. The van der Waals surface area contributed by atoms with Crippen LogP contribution >= 0.6 is 0 Å². The highest BCUT2D eigenvalue weighted by Gasteiger charge is 2.30. The van der Waals surface area contributed by atoms with Crippen LogP contribution in [0, 0.1) is 11.8 Å². The van der Waals surface area contributed by atoms with Crippen molar-refractivity contribution in [2.45, 2.75) is 39.2 Å². The summed E-state index contributed by atoms with van der Waals surface area (Å²) in [5.41, 5.74) is 0. The van der Waals surface area contributed by atoms with Gasteiger partial charge in [0.05, 0.1) is 0 Å². The number of hydrogen-bond acceptors (Lipinski definition) is 4. The minimum atomic E-state index is -1.15. The number of carbonyl (C=O) groups excluding carboxylic acids is 2. The summed E-state index contributed by atoms with van der Waals surface area (Å²) in [7, 11) is 0. The van der Waals surface area contributed by atoms with Gasteiger partial charge in [-0.05, 0) is 12.8 Å². The molecule has 21 heavy (non-hydrogen) atoms. The van der Waals surface area contributed by atoms with Crippen molar-refractivity contribution in [3.63, 3.8) is 0 Å². The first-order chi connectivity index (χ1) is 9.86. The normalized spacial score (nSPS) is 17.6. The lowest BCUT2D eigenvalue weighted by molar-refractivity contribution is -0.143. The molecule has 1 aliphatic heterocycles. The smallest absolute Gasteiger partial charge is 0.326 e. The Morgan fingerprint density at radius 2 is 1.81 bits per heavy atom. The topological polar surface area (TPSA) is 107 Å². The predicted molar refractivity (Wildman–Crippen MR) is 75.4 cm³/mol. The highest BCUT2D eigenvalue weighted by atomic mass is 16.4. The Morgan fingerprint density at radius 3 is 2.24 bits per heavy atom. The molecule has 120 valence electrons. The zero-order chi connectivity index (χ0) is 16.0. The van der Waals surface area contributed by atoms with E-state index in [4.69, 9.17) is 10.2 Å². The summed E-state index contributed by atoms with van der Waals surface area (Å²) in [5, 5.41) is 20.2. The first kappa shape index (κ1) is 17.4. The molecule has 0 bridgehead atoms. The Kier molecular flexibility index (Phi) is 6.61. The molecule has 1 rings (SSSR count). The van der Waals surface area contributed by atoms with Gasteiger partial charge in [-0.25, -0.2) is 4.79 Å². The molecular formula is C14H24N2O5. The minimum Gasteiger partial charge on any atom is -0.480 e. The van der Waals surface area contributed by atoms with Gasteiger partial charge >= 0.3 is 5.97 Å². The van der Waals surface area contributed by atoms with Gasteiger partial charge in [0, 0.05) is 38.0 Å². The van der Waals surface area contributed by atoms with Gasteiger partial charge in [0.1, 0.15) is 6.04 Å². The molecule has 0 aromatic heterocycles. The quantitative estimate of drug-likeness (QED) is 0.631.